The predicted octanol–water partition coefficient (Wildman–Crippen LogP) is 2.32. The molecule has 20 heavy (non-hydrogen) atoms. The summed E-state index contributed by atoms with van der Waals surface area (Å²) in [5, 5.41) is 0. The monoisotopic (exact) mass is 276 g/mol. The van der Waals surface area contributed by atoms with Gasteiger partial charge in [-0.1, -0.05) is 12.1 Å². The molecule has 0 atom stereocenters. The van der Waals surface area contributed by atoms with E-state index in [0.29, 0.717) is 11.7 Å². The lowest BCUT2D eigenvalue weighted by Crippen LogP contribution is -2.41. The molecular formula is C14H21BN2O3. The van der Waals surface area contributed by atoms with Gasteiger partial charge in [-0.3, -0.25) is 0 Å². The molecule has 2 rings (SSSR count). The number of hydrogen-bond donors (Lipinski definition) is 1. The Hall–Kier alpha value is -1.53. The normalized spacial score (nSPS) is 20.6. The van der Waals surface area contributed by atoms with Crippen molar-refractivity contribution in [1.29, 1.82) is 0 Å². The van der Waals surface area contributed by atoms with Gasteiger partial charge in [0.1, 0.15) is 5.82 Å². The molecule has 1 aliphatic heterocycles. The molecule has 1 aliphatic rings. The van der Waals surface area contributed by atoms with Crippen LogP contribution in [0.15, 0.2) is 18.1 Å². The number of pyridine rings is 1. The highest BCUT2D eigenvalue weighted by molar-refractivity contribution is 6.52. The van der Waals surface area contributed by atoms with Crippen LogP contribution in [0, 0.1) is 0 Å². The first-order chi connectivity index (χ1) is 9.25. The summed E-state index contributed by atoms with van der Waals surface area (Å²) < 4.78 is 16.8. The zero-order chi connectivity index (χ0) is 15.0. The fourth-order valence-electron chi connectivity index (χ4n) is 1.87. The minimum atomic E-state index is -0.387. The Balaban J connectivity index is 2.12. The van der Waals surface area contributed by atoms with E-state index in [1.807, 2.05) is 45.8 Å². The average molecular weight is 276 g/mol. The molecule has 5 nitrogen and oxygen atoms in total. The number of rotatable bonds is 3. The summed E-state index contributed by atoms with van der Waals surface area (Å²) in [6, 6.07) is 3.61. The maximum atomic E-state index is 5.88. The second-order valence-corrected chi connectivity index (χ2v) is 5.81. The topological polar surface area (TPSA) is 66.6 Å². The van der Waals surface area contributed by atoms with Crippen LogP contribution in [0.4, 0.5) is 5.82 Å². The average Bonchev–Trinajstić information content (AvgIpc) is 2.56. The number of aromatic nitrogens is 1. The third-order valence-corrected chi connectivity index (χ3v) is 3.85. The molecule has 1 aromatic heterocycles. The molecule has 1 saturated heterocycles. The number of ether oxygens (including phenoxy) is 1. The Morgan fingerprint density at radius 2 is 1.80 bits per heavy atom. The second-order valence-electron chi connectivity index (χ2n) is 5.81. The van der Waals surface area contributed by atoms with Crippen LogP contribution in [0.2, 0.25) is 0 Å². The number of methoxy groups -OCH3 is 1. The Labute approximate surface area is 120 Å². The summed E-state index contributed by atoms with van der Waals surface area (Å²) in [6.07, 6.45) is 1.85. The highest BCUT2D eigenvalue weighted by atomic mass is 16.7. The SMILES string of the molecule is COc1ccc(/C=C/B2OC(C)(C)C(C)(C)O2)c(N)n1. The van der Waals surface area contributed by atoms with Gasteiger partial charge in [0.15, 0.2) is 0 Å². The summed E-state index contributed by atoms with van der Waals surface area (Å²) in [6.45, 7) is 8.07. The summed E-state index contributed by atoms with van der Waals surface area (Å²) in [4.78, 5) is 4.12. The van der Waals surface area contributed by atoms with Crippen LogP contribution in [0.3, 0.4) is 0 Å². The quantitative estimate of drug-likeness (QED) is 0.858. The highest BCUT2D eigenvalue weighted by Gasteiger charge is 2.49. The third-order valence-electron chi connectivity index (χ3n) is 3.85. The van der Waals surface area contributed by atoms with Crippen LogP contribution in [0.1, 0.15) is 33.3 Å². The molecule has 0 unspecified atom stereocenters. The van der Waals surface area contributed by atoms with E-state index >= 15 is 0 Å². The van der Waals surface area contributed by atoms with Crippen LogP contribution in [0.5, 0.6) is 5.88 Å². The minimum absolute atomic E-state index is 0.342. The van der Waals surface area contributed by atoms with Crippen LogP contribution in [-0.2, 0) is 9.31 Å². The third kappa shape index (κ3) is 2.81. The molecule has 0 radical (unpaired) electrons. The highest BCUT2D eigenvalue weighted by Crippen LogP contribution is 2.37. The van der Waals surface area contributed by atoms with Gasteiger partial charge in [-0.25, -0.2) is 0 Å². The van der Waals surface area contributed by atoms with Crippen LogP contribution < -0.4 is 10.5 Å². The number of anilines is 1. The smallest absolute Gasteiger partial charge is 0.481 e. The second kappa shape index (κ2) is 5.11. The Morgan fingerprint density at radius 3 is 2.30 bits per heavy atom. The van der Waals surface area contributed by atoms with Crippen molar-refractivity contribution in [3.63, 3.8) is 0 Å². The maximum Gasteiger partial charge on any atom is 0.487 e. The van der Waals surface area contributed by atoms with E-state index in [2.05, 4.69) is 4.98 Å². The number of nitrogen functional groups attached to an aromatic ring is 1. The van der Waals surface area contributed by atoms with Crippen LogP contribution in [-0.4, -0.2) is 30.4 Å². The summed E-state index contributed by atoms with van der Waals surface area (Å²) in [7, 11) is 1.17. The number of nitrogens with two attached hydrogens (primary N) is 1. The Morgan fingerprint density at radius 1 is 1.20 bits per heavy atom. The Kier molecular flexibility index (Phi) is 3.80. The van der Waals surface area contributed by atoms with Crippen molar-refractivity contribution < 1.29 is 14.0 Å². The molecule has 2 heterocycles. The molecule has 0 bridgehead atoms. The van der Waals surface area contributed by atoms with E-state index in [0.717, 1.165) is 5.56 Å². The van der Waals surface area contributed by atoms with Crippen molar-refractivity contribution in [2.75, 3.05) is 12.8 Å². The molecule has 6 heteroatoms. The van der Waals surface area contributed by atoms with Gasteiger partial charge in [-0.15, -0.1) is 0 Å². The number of hydrogen-bond acceptors (Lipinski definition) is 5. The van der Waals surface area contributed by atoms with E-state index < -0.39 is 0 Å². The fraction of sp³-hybridized carbons (Fsp3) is 0.500. The van der Waals surface area contributed by atoms with Crippen molar-refractivity contribution in [2.45, 2.75) is 38.9 Å². The molecule has 0 aromatic carbocycles. The van der Waals surface area contributed by atoms with Gasteiger partial charge in [0.2, 0.25) is 5.88 Å². The first-order valence-corrected chi connectivity index (χ1v) is 6.59. The van der Waals surface area contributed by atoms with Gasteiger partial charge in [0.05, 0.1) is 18.3 Å². The lowest BCUT2D eigenvalue weighted by molar-refractivity contribution is 0.00578. The minimum Gasteiger partial charge on any atom is -0.481 e. The first kappa shape index (κ1) is 14.9. The van der Waals surface area contributed by atoms with Crippen LogP contribution >= 0.6 is 0 Å². The zero-order valence-electron chi connectivity index (χ0n) is 12.6. The van der Waals surface area contributed by atoms with E-state index in [-0.39, 0.29) is 18.3 Å². The van der Waals surface area contributed by atoms with Crippen molar-refractivity contribution >= 4 is 19.0 Å². The van der Waals surface area contributed by atoms with Gasteiger partial charge in [0, 0.05) is 11.6 Å². The number of nitrogens with zero attached hydrogens (tertiary/aromatic N) is 1. The molecule has 1 aromatic rings. The summed E-state index contributed by atoms with van der Waals surface area (Å²) in [5.74, 6) is 2.75. The van der Waals surface area contributed by atoms with Crippen molar-refractivity contribution in [3.05, 3.63) is 23.7 Å². The van der Waals surface area contributed by atoms with Crippen molar-refractivity contribution in [1.82, 2.24) is 4.98 Å². The van der Waals surface area contributed by atoms with Crippen LogP contribution in [0.25, 0.3) is 6.08 Å². The lowest BCUT2D eigenvalue weighted by Gasteiger charge is -2.32. The van der Waals surface area contributed by atoms with E-state index in [1.165, 1.54) is 0 Å². The van der Waals surface area contributed by atoms with Gasteiger partial charge >= 0.3 is 7.12 Å². The standard InChI is InChI=1S/C14H21BN2O3/c1-13(2)14(3,4)20-15(19-13)9-8-10-6-7-11(18-5)17-12(10)16/h6-9H,1-5H3,(H2,16,17)/b9-8+. The molecule has 0 spiro atoms. The fourth-order valence-corrected chi connectivity index (χ4v) is 1.87. The van der Waals surface area contributed by atoms with Gasteiger partial charge < -0.3 is 19.8 Å². The Bertz CT molecular complexity index is 513. The van der Waals surface area contributed by atoms with Gasteiger partial charge in [-0.2, -0.15) is 4.98 Å². The van der Waals surface area contributed by atoms with E-state index in [1.54, 1.807) is 13.2 Å². The summed E-state index contributed by atoms with van der Waals surface area (Å²) >= 11 is 0. The molecule has 2 N–H and O–H groups in total. The molecule has 108 valence electrons. The summed E-state index contributed by atoms with van der Waals surface area (Å²) in [5.41, 5.74) is 5.99. The lowest BCUT2D eigenvalue weighted by atomic mass is 9.89. The molecule has 0 aliphatic carbocycles. The maximum absolute atomic E-state index is 5.88. The first-order valence-electron chi connectivity index (χ1n) is 6.59. The molecule has 0 saturated carbocycles. The van der Waals surface area contributed by atoms with Crippen molar-refractivity contribution in [3.8, 4) is 5.88 Å². The van der Waals surface area contributed by atoms with Gasteiger partial charge in [-0.05, 0) is 33.8 Å². The van der Waals surface area contributed by atoms with Gasteiger partial charge in [0.25, 0.3) is 0 Å². The molecule has 0 amide bonds. The van der Waals surface area contributed by atoms with E-state index in [4.69, 9.17) is 19.8 Å². The largest absolute Gasteiger partial charge is 0.487 e. The molecule has 1 fully saturated rings. The molecular weight excluding hydrogens is 255 g/mol. The predicted molar refractivity (Wildman–Crippen MR) is 80.3 cm³/mol. The van der Waals surface area contributed by atoms with E-state index in [9.17, 15) is 0 Å². The van der Waals surface area contributed by atoms with Crippen molar-refractivity contribution in [2.24, 2.45) is 0 Å². The zero-order valence-corrected chi connectivity index (χ0v) is 12.6.